The van der Waals surface area contributed by atoms with Gasteiger partial charge in [0.2, 0.25) is 15.9 Å². The van der Waals surface area contributed by atoms with Crippen LogP contribution in [0.4, 0.5) is 5.00 Å². The number of ether oxygens (including phenoxy) is 1. The Kier molecular flexibility index (Phi) is 6.42. The van der Waals surface area contributed by atoms with Crippen molar-refractivity contribution in [1.29, 1.82) is 0 Å². The fraction of sp³-hybridized carbons (Fsp3) is 0.571. The maximum Gasteiger partial charge on any atom is 0.341 e. The Balaban J connectivity index is 1.52. The molecule has 4 rings (SSSR count). The number of rotatable bonds is 6. The van der Waals surface area contributed by atoms with Gasteiger partial charge in [0.1, 0.15) is 9.90 Å². The van der Waals surface area contributed by atoms with Gasteiger partial charge in [-0.1, -0.05) is 0 Å². The summed E-state index contributed by atoms with van der Waals surface area (Å²) >= 11 is 1.43. The molecule has 1 fully saturated rings. The molecule has 1 aliphatic heterocycles. The SMILES string of the molecule is CCOC(=O)c1c(NC(=O)[C@H]2CCCN(S(=O)(=O)c3cnn(C)c3C)C2)sc2c1CCC2. The van der Waals surface area contributed by atoms with E-state index < -0.39 is 21.9 Å². The highest BCUT2D eigenvalue weighted by Crippen LogP contribution is 2.40. The zero-order chi connectivity index (χ0) is 23.0. The third-order valence-electron chi connectivity index (χ3n) is 6.20. The maximum atomic E-state index is 13.1. The van der Waals surface area contributed by atoms with Gasteiger partial charge < -0.3 is 10.1 Å². The number of carbonyl (C=O) groups is 2. The van der Waals surface area contributed by atoms with Crippen molar-refractivity contribution in [3.8, 4) is 0 Å². The zero-order valence-corrected chi connectivity index (χ0v) is 20.1. The fourth-order valence-corrected chi connectivity index (χ4v) is 7.36. The molecular formula is C21H28N4O5S2. The molecule has 174 valence electrons. The predicted octanol–water partition coefficient (Wildman–Crippen LogP) is 2.49. The lowest BCUT2D eigenvalue weighted by molar-refractivity contribution is -0.120. The lowest BCUT2D eigenvalue weighted by Gasteiger charge is -2.31. The molecular weight excluding hydrogens is 452 g/mol. The number of esters is 1. The van der Waals surface area contributed by atoms with Gasteiger partial charge >= 0.3 is 5.97 Å². The monoisotopic (exact) mass is 480 g/mol. The Labute approximate surface area is 191 Å². The molecule has 0 spiro atoms. The third-order valence-corrected chi connectivity index (χ3v) is 9.38. The molecule has 0 aromatic carbocycles. The van der Waals surface area contributed by atoms with E-state index in [1.807, 2.05) is 0 Å². The van der Waals surface area contributed by atoms with Gasteiger partial charge in [0.25, 0.3) is 0 Å². The van der Waals surface area contributed by atoms with Crippen molar-refractivity contribution < 1.29 is 22.7 Å². The first kappa shape index (κ1) is 22.9. The topological polar surface area (TPSA) is 111 Å². The third kappa shape index (κ3) is 4.08. The van der Waals surface area contributed by atoms with Crippen molar-refractivity contribution in [1.82, 2.24) is 14.1 Å². The number of hydrogen-bond acceptors (Lipinski definition) is 7. The summed E-state index contributed by atoms with van der Waals surface area (Å²) in [5.74, 6) is -1.18. The van der Waals surface area contributed by atoms with E-state index in [2.05, 4.69) is 10.4 Å². The van der Waals surface area contributed by atoms with Crippen LogP contribution in [0.15, 0.2) is 11.1 Å². The van der Waals surface area contributed by atoms with E-state index in [0.717, 1.165) is 29.7 Å². The van der Waals surface area contributed by atoms with Gasteiger partial charge in [0.05, 0.1) is 30.0 Å². The number of nitrogens with zero attached hydrogens (tertiary/aromatic N) is 3. The minimum absolute atomic E-state index is 0.0995. The number of anilines is 1. The second-order valence-electron chi connectivity index (χ2n) is 8.19. The van der Waals surface area contributed by atoms with Crippen molar-refractivity contribution >= 4 is 38.2 Å². The van der Waals surface area contributed by atoms with E-state index in [9.17, 15) is 18.0 Å². The standard InChI is InChI=1S/C21H28N4O5S2/c1-4-30-21(27)18-15-8-5-9-16(15)31-20(18)23-19(26)14-7-6-10-25(12-14)32(28,29)17-11-22-24(3)13(17)2/h11,14H,4-10,12H2,1-3H3,(H,23,26)/t14-/m0/s1. The molecule has 1 atom stereocenters. The molecule has 11 heteroatoms. The Morgan fingerprint density at radius 1 is 1.31 bits per heavy atom. The van der Waals surface area contributed by atoms with Crippen LogP contribution in [-0.2, 0) is 39.4 Å². The number of aryl methyl sites for hydroxylation is 2. The summed E-state index contributed by atoms with van der Waals surface area (Å²) in [6.45, 7) is 4.19. The van der Waals surface area contributed by atoms with Crippen molar-refractivity contribution in [2.45, 2.75) is 50.8 Å². The molecule has 1 amide bonds. The van der Waals surface area contributed by atoms with Gasteiger partial charge in [0, 0.05) is 25.0 Å². The normalized spacial score (nSPS) is 19.0. The summed E-state index contributed by atoms with van der Waals surface area (Å²) in [5.41, 5.74) is 2.00. The molecule has 2 aromatic rings. The number of hydrogen-bond donors (Lipinski definition) is 1. The summed E-state index contributed by atoms with van der Waals surface area (Å²) < 4.78 is 34.4. The number of piperidine rings is 1. The van der Waals surface area contributed by atoms with Crippen molar-refractivity contribution in [3.63, 3.8) is 0 Å². The van der Waals surface area contributed by atoms with Crippen LogP contribution >= 0.6 is 11.3 Å². The lowest BCUT2D eigenvalue weighted by Crippen LogP contribution is -2.43. The van der Waals surface area contributed by atoms with Gasteiger partial charge in [0.15, 0.2) is 0 Å². The van der Waals surface area contributed by atoms with Gasteiger partial charge in [-0.15, -0.1) is 11.3 Å². The summed E-state index contributed by atoms with van der Waals surface area (Å²) in [4.78, 5) is 26.9. The quantitative estimate of drug-likeness (QED) is 0.636. The van der Waals surface area contributed by atoms with E-state index in [-0.39, 0.29) is 24.0 Å². The van der Waals surface area contributed by atoms with Crippen LogP contribution in [0, 0.1) is 12.8 Å². The first-order valence-corrected chi connectivity index (χ1v) is 13.1. The minimum Gasteiger partial charge on any atom is -0.462 e. The molecule has 32 heavy (non-hydrogen) atoms. The Hall–Kier alpha value is -2.24. The zero-order valence-electron chi connectivity index (χ0n) is 18.5. The Morgan fingerprint density at radius 3 is 2.78 bits per heavy atom. The second-order valence-corrected chi connectivity index (χ2v) is 11.2. The highest BCUT2D eigenvalue weighted by Gasteiger charge is 2.36. The van der Waals surface area contributed by atoms with E-state index in [0.29, 0.717) is 35.6 Å². The van der Waals surface area contributed by atoms with Crippen LogP contribution in [0.25, 0.3) is 0 Å². The average Bonchev–Trinajstić information content (AvgIpc) is 3.43. The molecule has 2 aliphatic rings. The van der Waals surface area contributed by atoms with Crippen molar-refractivity contribution in [2.75, 3.05) is 25.0 Å². The molecule has 0 radical (unpaired) electrons. The summed E-state index contributed by atoms with van der Waals surface area (Å²) in [7, 11) is -2.04. The number of carbonyl (C=O) groups excluding carboxylic acids is 2. The maximum absolute atomic E-state index is 13.1. The number of aromatic nitrogens is 2. The van der Waals surface area contributed by atoms with Crippen LogP contribution in [-0.4, -0.2) is 54.1 Å². The van der Waals surface area contributed by atoms with Crippen molar-refractivity contribution in [3.05, 3.63) is 27.9 Å². The van der Waals surface area contributed by atoms with Gasteiger partial charge in [-0.3, -0.25) is 9.48 Å². The second kappa shape index (κ2) is 8.95. The molecule has 3 heterocycles. The molecule has 1 aliphatic carbocycles. The number of nitrogens with one attached hydrogen (secondary N) is 1. The molecule has 0 unspecified atom stereocenters. The smallest absolute Gasteiger partial charge is 0.341 e. The molecule has 2 aromatic heterocycles. The van der Waals surface area contributed by atoms with E-state index in [4.69, 9.17) is 4.74 Å². The van der Waals surface area contributed by atoms with E-state index >= 15 is 0 Å². The van der Waals surface area contributed by atoms with Crippen LogP contribution in [0.2, 0.25) is 0 Å². The predicted molar refractivity (Wildman–Crippen MR) is 120 cm³/mol. The van der Waals surface area contributed by atoms with E-state index in [1.165, 1.54) is 26.5 Å². The fourth-order valence-electron chi connectivity index (χ4n) is 4.37. The molecule has 1 saturated heterocycles. The minimum atomic E-state index is -3.74. The highest BCUT2D eigenvalue weighted by molar-refractivity contribution is 7.89. The lowest BCUT2D eigenvalue weighted by atomic mass is 9.99. The average molecular weight is 481 g/mol. The molecule has 9 nitrogen and oxygen atoms in total. The molecule has 0 bridgehead atoms. The van der Waals surface area contributed by atoms with Crippen LogP contribution in [0.1, 0.15) is 52.7 Å². The Morgan fingerprint density at radius 2 is 2.09 bits per heavy atom. The molecule has 0 saturated carbocycles. The molecule has 1 N–H and O–H groups in total. The first-order valence-electron chi connectivity index (χ1n) is 10.8. The summed E-state index contributed by atoms with van der Waals surface area (Å²) in [5, 5.41) is 7.47. The largest absolute Gasteiger partial charge is 0.462 e. The Bertz CT molecular complexity index is 1150. The van der Waals surface area contributed by atoms with E-state index in [1.54, 1.807) is 20.9 Å². The first-order chi connectivity index (χ1) is 15.2. The van der Waals surface area contributed by atoms with Crippen molar-refractivity contribution in [2.24, 2.45) is 13.0 Å². The number of fused-ring (bicyclic) bond motifs is 1. The van der Waals surface area contributed by atoms with Gasteiger partial charge in [-0.05, 0) is 51.5 Å². The van der Waals surface area contributed by atoms with Gasteiger partial charge in [-0.2, -0.15) is 9.40 Å². The number of amides is 1. The number of thiophene rings is 1. The summed E-state index contributed by atoms with van der Waals surface area (Å²) in [6.07, 6.45) is 5.21. The summed E-state index contributed by atoms with van der Waals surface area (Å²) in [6, 6.07) is 0. The van der Waals surface area contributed by atoms with Gasteiger partial charge in [-0.25, -0.2) is 13.2 Å². The van der Waals surface area contributed by atoms with Crippen LogP contribution in [0.3, 0.4) is 0 Å². The number of sulfonamides is 1. The van der Waals surface area contributed by atoms with Crippen LogP contribution < -0.4 is 5.32 Å². The van der Waals surface area contributed by atoms with Crippen LogP contribution in [0.5, 0.6) is 0 Å². The highest BCUT2D eigenvalue weighted by atomic mass is 32.2.